The number of hydrogen-bond acceptors (Lipinski definition) is 5. The smallest absolute Gasteiger partial charge is 0.357 e. The minimum absolute atomic E-state index is 0.137. The summed E-state index contributed by atoms with van der Waals surface area (Å²) >= 11 is 1.39. The molecule has 5 nitrogen and oxygen atoms in total. The van der Waals surface area contributed by atoms with Crippen LogP contribution in [0.15, 0.2) is 5.38 Å². The molecule has 0 saturated heterocycles. The van der Waals surface area contributed by atoms with E-state index in [9.17, 15) is 9.59 Å². The lowest BCUT2D eigenvalue weighted by atomic mass is 10.2. The van der Waals surface area contributed by atoms with Gasteiger partial charge in [-0.05, 0) is 33.6 Å². The van der Waals surface area contributed by atoms with Gasteiger partial charge in [-0.25, -0.2) is 9.78 Å². The van der Waals surface area contributed by atoms with E-state index in [1.165, 1.54) is 11.3 Å². The Kier molecular flexibility index (Phi) is 4.75. The summed E-state index contributed by atoms with van der Waals surface area (Å²) in [6.45, 7) is 6.57. The molecule has 0 atom stereocenters. The topological polar surface area (TPSA) is 59.5 Å². The highest BCUT2D eigenvalue weighted by molar-refractivity contribution is 7.09. The second kappa shape index (κ2) is 6.35. The lowest BCUT2D eigenvalue weighted by Crippen LogP contribution is -2.37. The van der Waals surface area contributed by atoms with Crippen LogP contribution >= 0.6 is 11.3 Å². The van der Waals surface area contributed by atoms with Crippen LogP contribution in [0.5, 0.6) is 0 Å². The standard InChI is InChI=1S/C14H20N2O3S/c1-4-19-14(18)11-8-20-12(15-11)7-16(9(2)3)13(17)10-5-6-10/h8-10H,4-7H2,1-3H3. The number of carbonyl (C=O) groups is 2. The van der Waals surface area contributed by atoms with E-state index in [1.54, 1.807) is 12.3 Å². The summed E-state index contributed by atoms with van der Waals surface area (Å²) in [6, 6.07) is 0.137. The highest BCUT2D eigenvalue weighted by atomic mass is 32.1. The summed E-state index contributed by atoms with van der Waals surface area (Å²) in [4.78, 5) is 29.9. The zero-order valence-corrected chi connectivity index (χ0v) is 12.9. The number of hydrogen-bond donors (Lipinski definition) is 0. The first-order valence-electron chi connectivity index (χ1n) is 6.95. The zero-order chi connectivity index (χ0) is 14.7. The maximum Gasteiger partial charge on any atom is 0.357 e. The molecule has 0 bridgehead atoms. The summed E-state index contributed by atoms with van der Waals surface area (Å²) in [7, 11) is 0. The van der Waals surface area contributed by atoms with Crippen LogP contribution < -0.4 is 0 Å². The van der Waals surface area contributed by atoms with Crippen LogP contribution in [0.25, 0.3) is 0 Å². The Morgan fingerprint density at radius 1 is 1.50 bits per heavy atom. The number of thiazole rings is 1. The molecule has 0 unspecified atom stereocenters. The number of esters is 1. The Morgan fingerprint density at radius 2 is 2.20 bits per heavy atom. The van der Waals surface area contributed by atoms with Gasteiger partial charge in [0.05, 0.1) is 13.2 Å². The summed E-state index contributed by atoms with van der Waals surface area (Å²) in [5.74, 6) is -0.00519. The van der Waals surface area contributed by atoms with E-state index in [1.807, 2.05) is 18.7 Å². The summed E-state index contributed by atoms with van der Waals surface area (Å²) < 4.78 is 4.91. The Bertz CT molecular complexity index is 494. The Labute approximate surface area is 122 Å². The van der Waals surface area contributed by atoms with Gasteiger partial charge in [-0.3, -0.25) is 4.79 Å². The lowest BCUT2D eigenvalue weighted by molar-refractivity contribution is -0.134. The van der Waals surface area contributed by atoms with Crippen LogP contribution in [0.4, 0.5) is 0 Å². The van der Waals surface area contributed by atoms with Crippen molar-refractivity contribution in [3.8, 4) is 0 Å². The Balaban J connectivity index is 2.03. The van der Waals surface area contributed by atoms with Gasteiger partial charge < -0.3 is 9.64 Å². The SMILES string of the molecule is CCOC(=O)c1csc(CN(C(=O)C2CC2)C(C)C)n1. The molecule has 1 saturated carbocycles. The second-order valence-corrected chi connectivity index (χ2v) is 6.12. The molecule has 110 valence electrons. The Hall–Kier alpha value is -1.43. The van der Waals surface area contributed by atoms with Crippen molar-refractivity contribution in [2.24, 2.45) is 5.92 Å². The summed E-state index contributed by atoms with van der Waals surface area (Å²) in [5, 5.41) is 2.46. The van der Waals surface area contributed by atoms with Gasteiger partial charge in [0, 0.05) is 17.3 Å². The van der Waals surface area contributed by atoms with Crippen molar-refractivity contribution in [3.05, 3.63) is 16.1 Å². The van der Waals surface area contributed by atoms with Crippen molar-refractivity contribution < 1.29 is 14.3 Å². The van der Waals surface area contributed by atoms with Crippen molar-refractivity contribution in [1.82, 2.24) is 9.88 Å². The molecule has 0 aliphatic heterocycles. The third-order valence-electron chi connectivity index (χ3n) is 3.17. The number of amides is 1. The molecular formula is C14H20N2O3S. The summed E-state index contributed by atoms with van der Waals surface area (Å²) in [6.07, 6.45) is 1.99. The lowest BCUT2D eigenvalue weighted by Gasteiger charge is -2.25. The molecular weight excluding hydrogens is 276 g/mol. The molecule has 1 heterocycles. The van der Waals surface area contributed by atoms with Crippen LogP contribution in [0, 0.1) is 5.92 Å². The molecule has 0 aromatic carbocycles. The van der Waals surface area contributed by atoms with Crippen LogP contribution in [0.1, 0.15) is 49.1 Å². The average molecular weight is 296 g/mol. The average Bonchev–Trinajstić information content (AvgIpc) is 3.14. The van der Waals surface area contributed by atoms with Crippen LogP contribution in [-0.2, 0) is 16.1 Å². The molecule has 1 aromatic rings. The highest BCUT2D eigenvalue weighted by Gasteiger charge is 2.34. The second-order valence-electron chi connectivity index (χ2n) is 5.18. The molecule has 6 heteroatoms. The van der Waals surface area contributed by atoms with E-state index >= 15 is 0 Å². The third-order valence-corrected chi connectivity index (χ3v) is 4.01. The van der Waals surface area contributed by atoms with Crippen LogP contribution in [-0.4, -0.2) is 34.4 Å². The molecule has 0 spiro atoms. The van der Waals surface area contributed by atoms with E-state index in [2.05, 4.69) is 4.98 Å². The van der Waals surface area contributed by atoms with Crippen LogP contribution in [0.2, 0.25) is 0 Å². The molecule has 1 aliphatic rings. The van der Waals surface area contributed by atoms with Gasteiger partial charge >= 0.3 is 5.97 Å². The van der Waals surface area contributed by atoms with Crippen molar-refractivity contribution >= 4 is 23.2 Å². The molecule has 20 heavy (non-hydrogen) atoms. The maximum absolute atomic E-state index is 12.2. The van der Waals surface area contributed by atoms with Gasteiger partial charge in [0.2, 0.25) is 5.91 Å². The molecule has 1 aromatic heterocycles. The molecule has 1 aliphatic carbocycles. The predicted molar refractivity (Wildman–Crippen MR) is 76.5 cm³/mol. The fraction of sp³-hybridized carbons (Fsp3) is 0.643. The van der Waals surface area contributed by atoms with Gasteiger partial charge in [0.15, 0.2) is 5.69 Å². The van der Waals surface area contributed by atoms with E-state index in [0.717, 1.165) is 17.8 Å². The van der Waals surface area contributed by atoms with E-state index in [0.29, 0.717) is 18.8 Å². The minimum Gasteiger partial charge on any atom is -0.461 e. The van der Waals surface area contributed by atoms with E-state index in [-0.39, 0.29) is 17.9 Å². The summed E-state index contributed by atoms with van der Waals surface area (Å²) in [5.41, 5.74) is 0.328. The number of carbonyl (C=O) groups excluding carboxylic acids is 2. The van der Waals surface area contributed by atoms with E-state index in [4.69, 9.17) is 4.74 Å². The van der Waals surface area contributed by atoms with Crippen molar-refractivity contribution in [2.45, 2.75) is 46.2 Å². The molecule has 2 rings (SSSR count). The molecule has 0 radical (unpaired) electrons. The fourth-order valence-corrected chi connectivity index (χ4v) is 2.67. The fourth-order valence-electron chi connectivity index (χ4n) is 1.91. The van der Waals surface area contributed by atoms with Gasteiger partial charge in [0.1, 0.15) is 5.01 Å². The molecule has 1 amide bonds. The number of nitrogens with zero attached hydrogens (tertiary/aromatic N) is 2. The van der Waals surface area contributed by atoms with Gasteiger partial charge in [-0.15, -0.1) is 11.3 Å². The largest absolute Gasteiger partial charge is 0.461 e. The zero-order valence-electron chi connectivity index (χ0n) is 12.1. The molecule has 0 N–H and O–H groups in total. The number of ether oxygens (including phenoxy) is 1. The Morgan fingerprint density at radius 3 is 2.75 bits per heavy atom. The third kappa shape index (κ3) is 3.56. The predicted octanol–water partition coefficient (Wildman–Crippen LogP) is 2.47. The number of rotatable bonds is 6. The number of aromatic nitrogens is 1. The van der Waals surface area contributed by atoms with Crippen molar-refractivity contribution in [1.29, 1.82) is 0 Å². The normalized spacial score (nSPS) is 14.4. The quantitative estimate of drug-likeness (QED) is 0.757. The van der Waals surface area contributed by atoms with E-state index < -0.39 is 5.97 Å². The van der Waals surface area contributed by atoms with Crippen molar-refractivity contribution in [3.63, 3.8) is 0 Å². The monoisotopic (exact) mass is 296 g/mol. The van der Waals surface area contributed by atoms with Crippen molar-refractivity contribution in [2.75, 3.05) is 6.61 Å². The first kappa shape index (κ1) is 15.0. The van der Waals surface area contributed by atoms with Gasteiger partial charge in [0.25, 0.3) is 0 Å². The van der Waals surface area contributed by atoms with Gasteiger partial charge in [-0.2, -0.15) is 0 Å². The maximum atomic E-state index is 12.2. The highest BCUT2D eigenvalue weighted by Crippen LogP contribution is 2.32. The van der Waals surface area contributed by atoms with Gasteiger partial charge in [-0.1, -0.05) is 0 Å². The van der Waals surface area contributed by atoms with Crippen LogP contribution in [0.3, 0.4) is 0 Å². The first-order chi connectivity index (χ1) is 9.52. The first-order valence-corrected chi connectivity index (χ1v) is 7.82. The minimum atomic E-state index is -0.403. The molecule has 1 fully saturated rings.